The van der Waals surface area contributed by atoms with Crippen molar-refractivity contribution < 1.29 is 9.53 Å². The van der Waals surface area contributed by atoms with Gasteiger partial charge in [0.05, 0.1) is 0 Å². The van der Waals surface area contributed by atoms with Gasteiger partial charge in [0.2, 0.25) is 0 Å². The number of esters is 1. The van der Waals surface area contributed by atoms with E-state index in [2.05, 4.69) is 43.3 Å². The minimum absolute atomic E-state index is 0. The highest BCUT2D eigenvalue weighted by Crippen LogP contribution is 2.40. The Balaban J connectivity index is 0.00000300. The third kappa shape index (κ3) is 6.73. The monoisotopic (exact) mass is 413 g/mol. The van der Waals surface area contributed by atoms with Gasteiger partial charge in [-0.25, -0.2) is 4.79 Å². The maximum Gasteiger partial charge on any atom is 0.331 e. The predicted molar refractivity (Wildman–Crippen MR) is 122 cm³/mol. The fourth-order valence-corrected chi connectivity index (χ4v) is 4.29. The Labute approximate surface area is 181 Å². The molecule has 0 bridgehead atoms. The Morgan fingerprint density at radius 2 is 1.72 bits per heavy atom. The molecule has 1 saturated carbocycles. The zero-order valence-corrected chi connectivity index (χ0v) is 18.2. The average Bonchev–Trinajstić information content (AvgIpc) is 2.69. The zero-order chi connectivity index (χ0) is 19.8. The van der Waals surface area contributed by atoms with Crippen LogP contribution in [-0.2, 0) is 16.0 Å². The minimum atomic E-state index is -0.442. The summed E-state index contributed by atoms with van der Waals surface area (Å²) >= 11 is 0. The van der Waals surface area contributed by atoms with Gasteiger partial charge in [0, 0.05) is 25.0 Å². The summed E-state index contributed by atoms with van der Waals surface area (Å²) < 4.78 is 6.27. The Hall–Kier alpha value is -2.10. The van der Waals surface area contributed by atoms with Crippen molar-refractivity contribution in [3.05, 3.63) is 77.9 Å². The maximum atomic E-state index is 12.8. The average molecular weight is 414 g/mol. The highest BCUT2D eigenvalue weighted by molar-refractivity contribution is 5.87. The molecule has 0 aromatic heterocycles. The summed E-state index contributed by atoms with van der Waals surface area (Å²) in [7, 11) is 4.19. The lowest BCUT2D eigenvalue weighted by Gasteiger charge is -2.44. The summed E-state index contributed by atoms with van der Waals surface area (Å²) in [5, 5.41) is 0. The molecule has 0 saturated heterocycles. The third-order valence-electron chi connectivity index (χ3n) is 5.59. The van der Waals surface area contributed by atoms with E-state index in [1.807, 2.05) is 42.5 Å². The molecular weight excluding hydrogens is 382 g/mol. The second-order valence-corrected chi connectivity index (χ2v) is 8.10. The van der Waals surface area contributed by atoms with Crippen LogP contribution in [0.25, 0.3) is 6.08 Å². The van der Waals surface area contributed by atoms with Crippen LogP contribution in [0.3, 0.4) is 0 Å². The number of ether oxygens (including phenoxy) is 1. The van der Waals surface area contributed by atoms with E-state index in [9.17, 15) is 4.79 Å². The molecule has 2 unspecified atom stereocenters. The van der Waals surface area contributed by atoms with Crippen molar-refractivity contribution in [1.82, 2.24) is 4.90 Å². The van der Waals surface area contributed by atoms with Gasteiger partial charge in [0.15, 0.2) is 0 Å². The molecule has 1 aliphatic carbocycles. The Bertz CT molecular complexity index is 776. The minimum Gasteiger partial charge on any atom is -0.455 e. The van der Waals surface area contributed by atoms with Gasteiger partial charge in [-0.15, -0.1) is 12.4 Å². The highest BCUT2D eigenvalue weighted by Gasteiger charge is 2.44. The second-order valence-electron chi connectivity index (χ2n) is 8.10. The van der Waals surface area contributed by atoms with E-state index in [4.69, 9.17) is 4.74 Å². The van der Waals surface area contributed by atoms with Crippen LogP contribution in [0.15, 0.2) is 66.7 Å². The summed E-state index contributed by atoms with van der Waals surface area (Å²) in [6, 6.07) is 20.3. The molecule has 29 heavy (non-hydrogen) atoms. The normalized spacial score (nSPS) is 21.7. The molecule has 0 aliphatic heterocycles. The van der Waals surface area contributed by atoms with Crippen molar-refractivity contribution in [2.75, 3.05) is 20.6 Å². The molecule has 0 amide bonds. The summed E-state index contributed by atoms with van der Waals surface area (Å²) in [5.74, 6) is 0.0935. The van der Waals surface area contributed by atoms with Crippen molar-refractivity contribution in [3.63, 3.8) is 0 Å². The molecule has 0 spiro atoms. The highest BCUT2D eigenvalue weighted by atomic mass is 35.5. The number of halogens is 1. The summed E-state index contributed by atoms with van der Waals surface area (Å²) in [6.07, 6.45) is 8.51. The number of carbonyl (C=O) groups is 1. The van der Waals surface area contributed by atoms with E-state index in [-0.39, 0.29) is 18.4 Å². The van der Waals surface area contributed by atoms with E-state index in [0.717, 1.165) is 37.8 Å². The van der Waals surface area contributed by atoms with Gasteiger partial charge in [-0.1, -0.05) is 67.1 Å². The van der Waals surface area contributed by atoms with Gasteiger partial charge >= 0.3 is 5.97 Å². The van der Waals surface area contributed by atoms with Crippen LogP contribution >= 0.6 is 12.4 Å². The summed E-state index contributed by atoms with van der Waals surface area (Å²) in [4.78, 5) is 15.0. The Kier molecular flexibility index (Phi) is 8.94. The van der Waals surface area contributed by atoms with Gasteiger partial charge in [-0.2, -0.15) is 0 Å². The van der Waals surface area contributed by atoms with Crippen molar-refractivity contribution >= 4 is 24.5 Å². The molecule has 0 N–H and O–H groups in total. The molecule has 0 heterocycles. The lowest BCUT2D eigenvalue weighted by atomic mass is 9.71. The molecule has 2 aromatic rings. The summed E-state index contributed by atoms with van der Waals surface area (Å²) in [6.45, 7) is 0.933. The van der Waals surface area contributed by atoms with Crippen molar-refractivity contribution in [1.29, 1.82) is 0 Å². The van der Waals surface area contributed by atoms with E-state index < -0.39 is 5.60 Å². The number of hydrogen-bond acceptors (Lipinski definition) is 3. The van der Waals surface area contributed by atoms with Crippen LogP contribution < -0.4 is 0 Å². The lowest BCUT2D eigenvalue weighted by Crippen LogP contribution is -2.50. The number of rotatable bonds is 7. The Morgan fingerprint density at radius 3 is 2.38 bits per heavy atom. The molecule has 2 aromatic carbocycles. The molecule has 0 radical (unpaired) electrons. The standard InChI is InChI=1S/C25H31NO2.ClH/c1-26(2)20-23-15-9-10-18-25(23,19-22-13-7-4-8-14-22)28-24(27)17-16-21-11-5-3-6-12-21;/h3-8,11-14,16-17,23H,9-10,15,18-20H2,1-2H3;1H/b17-16+;. The fraction of sp³-hybridized carbons (Fsp3) is 0.400. The molecule has 1 fully saturated rings. The first kappa shape index (κ1) is 23.2. The predicted octanol–water partition coefficient (Wildman–Crippen LogP) is 5.40. The molecule has 2 atom stereocenters. The van der Waals surface area contributed by atoms with Crippen molar-refractivity contribution in [3.8, 4) is 0 Å². The number of nitrogens with zero attached hydrogens (tertiary/aromatic N) is 1. The largest absolute Gasteiger partial charge is 0.455 e. The van der Waals surface area contributed by atoms with Crippen molar-refractivity contribution in [2.45, 2.75) is 37.7 Å². The molecule has 156 valence electrons. The van der Waals surface area contributed by atoms with Crippen LogP contribution in [0.1, 0.15) is 36.8 Å². The van der Waals surface area contributed by atoms with Crippen LogP contribution in [0.4, 0.5) is 0 Å². The third-order valence-corrected chi connectivity index (χ3v) is 5.59. The van der Waals surface area contributed by atoms with Crippen LogP contribution in [-0.4, -0.2) is 37.1 Å². The topological polar surface area (TPSA) is 29.5 Å². The van der Waals surface area contributed by atoms with Crippen molar-refractivity contribution in [2.24, 2.45) is 5.92 Å². The van der Waals surface area contributed by atoms with Gasteiger partial charge in [-0.05, 0) is 50.6 Å². The smallest absolute Gasteiger partial charge is 0.331 e. The van der Waals surface area contributed by atoms with E-state index in [1.54, 1.807) is 6.08 Å². The van der Waals surface area contributed by atoms with Gasteiger partial charge < -0.3 is 9.64 Å². The van der Waals surface area contributed by atoms with Gasteiger partial charge in [0.25, 0.3) is 0 Å². The summed E-state index contributed by atoms with van der Waals surface area (Å²) in [5.41, 5.74) is 1.79. The first-order chi connectivity index (χ1) is 13.6. The first-order valence-corrected chi connectivity index (χ1v) is 10.2. The first-order valence-electron chi connectivity index (χ1n) is 10.2. The maximum absolute atomic E-state index is 12.8. The number of carbonyl (C=O) groups excluding carboxylic acids is 1. The lowest BCUT2D eigenvalue weighted by molar-refractivity contribution is -0.165. The molecule has 3 nitrogen and oxygen atoms in total. The zero-order valence-electron chi connectivity index (χ0n) is 17.4. The van der Waals surface area contributed by atoms with Gasteiger partial charge in [-0.3, -0.25) is 0 Å². The number of hydrogen-bond donors (Lipinski definition) is 0. The van der Waals surface area contributed by atoms with E-state index >= 15 is 0 Å². The number of benzene rings is 2. The molecule has 1 aliphatic rings. The molecule has 4 heteroatoms. The van der Waals surface area contributed by atoms with Gasteiger partial charge in [0.1, 0.15) is 5.60 Å². The Morgan fingerprint density at radius 1 is 1.07 bits per heavy atom. The van der Waals surface area contributed by atoms with E-state index in [1.165, 1.54) is 12.0 Å². The fourth-order valence-electron chi connectivity index (χ4n) is 4.29. The quantitative estimate of drug-likeness (QED) is 0.449. The van der Waals surface area contributed by atoms with Crippen LogP contribution in [0.5, 0.6) is 0 Å². The molecular formula is C25H32ClNO2. The van der Waals surface area contributed by atoms with E-state index in [0.29, 0.717) is 5.92 Å². The second kappa shape index (κ2) is 11.2. The molecule has 3 rings (SSSR count). The SMILES string of the molecule is CN(C)CC1CCCCC1(Cc1ccccc1)OC(=O)/C=C/c1ccccc1.Cl. The van der Waals surface area contributed by atoms with Crippen LogP contribution in [0.2, 0.25) is 0 Å². The van der Waals surface area contributed by atoms with Crippen LogP contribution in [0, 0.1) is 5.92 Å².